The Labute approximate surface area is 88.3 Å². The van der Waals surface area contributed by atoms with Crippen molar-refractivity contribution in [3.63, 3.8) is 0 Å². The third-order valence-corrected chi connectivity index (χ3v) is 2.49. The van der Waals surface area contributed by atoms with E-state index in [1.165, 1.54) is 6.07 Å². The molecular weight excluding hydrogens is 202 g/mol. The third kappa shape index (κ3) is 2.51. The van der Waals surface area contributed by atoms with Gasteiger partial charge in [0.15, 0.2) is 0 Å². The Morgan fingerprint density at radius 2 is 2.36 bits per heavy atom. The van der Waals surface area contributed by atoms with Gasteiger partial charge >= 0.3 is 5.97 Å². The summed E-state index contributed by atoms with van der Waals surface area (Å²) in [5.41, 5.74) is 0.260. The molecule has 3 nitrogen and oxygen atoms in total. The minimum atomic E-state index is -0.930. The van der Waals surface area contributed by atoms with Gasteiger partial charge in [-0.05, 0) is 12.0 Å². The molecule has 1 aromatic heterocycles. The maximum Gasteiger partial charge on any atom is 0.352 e. The highest BCUT2D eigenvalue weighted by atomic mass is 35.5. The van der Waals surface area contributed by atoms with E-state index in [0.717, 1.165) is 6.42 Å². The van der Waals surface area contributed by atoms with E-state index in [4.69, 9.17) is 16.7 Å². The third-order valence-electron chi connectivity index (χ3n) is 2.29. The van der Waals surface area contributed by atoms with Crippen molar-refractivity contribution < 1.29 is 9.90 Å². The van der Waals surface area contributed by atoms with Gasteiger partial charge in [0.2, 0.25) is 0 Å². The summed E-state index contributed by atoms with van der Waals surface area (Å²) in [5, 5.41) is 9.36. The van der Waals surface area contributed by atoms with Crippen LogP contribution in [0, 0.1) is 5.92 Å². The summed E-state index contributed by atoms with van der Waals surface area (Å²) in [6, 6.07) is 1.48. The zero-order valence-corrected chi connectivity index (χ0v) is 9.08. The summed E-state index contributed by atoms with van der Waals surface area (Å²) in [5.74, 6) is -0.475. The second-order valence-electron chi connectivity index (χ2n) is 3.51. The molecule has 0 bridgehead atoms. The standard InChI is InChI=1S/C10H14ClNO2/c1-3-7(2)5-12-6-8(11)4-9(12)10(13)14/h4,6-7H,3,5H2,1-2H3,(H,13,14). The van der Waals surface area contributed by atoms with Gasteiger partial charge in [0.05, 0.1) is 5.02 Å². The SMILES string of the molecule is CCC(C)Cn1cc(Cl)cc1C(=O)O. The van der Waals surface area contributed by atoms with Crippen LogP contribution in [0.3, 0.4) is 0 Å². The Bertz CT molecular complexity index is 333. The van der Waals surface area contributed by atoms with Gasteiger partial charge in [0.1, 0.15) is 5.69 Å². The number of carbonyl (C=O) groups is 1. The first kappa shape index (κ1) is 11.1. The molecule has 0 spiro atoms. The quantitative estimate of drug-likeness (QED) is 0.839. The number of carboxylic acids is 1. The molecule has 1 N–H and O–H groups in total. The van der Waals surface area contributed by atoms with Crippen LogP contribution in [0.1, 0.15) is 30.8 Å². The lowest BCUT2D eigenvalue weighted by atomic mass is 10.1. The largest absolute Gasteiger partial charge is 0.477 e. The van der Waals surface area contributed by atoms with Crippen LogP contribution < -0.4 is 0 Å². The monoisotopic (exact) mass is 215 g/mol. The first-order valence-electron chi connectivity index (χ1n) is 4.63. The average Bonchev–Trinajstić information content (AvgIpc) is 2.46. The fourth-order valence-electron chi connectivity index (χ4n) is 1.27. The molecule has 1 heterocycles. The van der Waals surface area contributed by atoms with Crippen LogP contribution in [0.25, 0.3) is 0 Å². The number of nitrogens with zero attached hydrogens (tertiary/aromatic N) is 1. The molecule has 1 atom stereocenters. The van der Waals surface area contributed by atoms with Gasteiger partial charge in [-0.1, -0.05) is 31.9 Å². The minimum absolute atomic E-state index is 0.260. The lowest BCUT2D eigenvalue weighted by Crippen LogP contribution is -2.12. The highest BCUT2D eigenvalue weighted by Gasteiger charge is 2.12. The van der Waals surface area contributed by atoms with E-state index in [9.17, 15) is 4.79 Å². The number of hydrogen-bond donors (Lipinski definition) is 1. The highest BCUT2D eigenvalue weighted by Crippen LogP contribution is 2.16. The van der Waals surface area contributed by atoms with Crippen LogP contribution >= 0.6 is 11.6 Å². The van der Waals surface area contributed by atoms with Crippen LogP contribution in [0.15, 0.2) is 12.3 Å². The summed E-state index contributed by atoms with van der Waals surface area (Å²) in [7, 11) is 0. The number of rotatable bonds is 4. The van der Waals surface area contributed by atoms with Crippen molar-refractivity contribution in [2.75, 3.05) is 0 Å². The summed E-state index contributed by atoms with van der Waals surface area (Å²) < 4.78 is 1.69. The number of halogens is 1. The van der Waals surface area contributed by atoms with E-state index >= 15 is 0 Å². The molecule has 4 heteroatoms. The van der Waals surface area contributed by atoms with Crippen LogP contribution in [0.4, 0.5) is 0 Å². The predicted octanol–water partition coefficient (Wildman–Crippen LogP) is 2.89. The second kappa shape index (κ2) is 4.51. The van der Waals surface area contributed by atoms with Gasteiger partial charge < -0.3 is 9.67 Å². The molecule has 0 aliphatic rings. The molecule has 0 amide bonds. The molecule has 0 saturated carbocycles. The molecule has 0 radical (unpaired) electrons. The van der Waals surface area contributed by atoms with E-state index in [1.807, 2.05) is 0 Å². The molecule has 0 aromatic carbocycles. The molecule has 14 heavy (non-hydrogen) atoms. The number of aromatic nitrogens is 1. The molecule has 1 rings (SSSR count). The van der Waals surface area contributed by atoms with Gasteiger partial charge in [-0.2, -0.15) is 0 Å². The maximum absolute atomic E-state index is 10.8. The van der Waals surface area contributed by atoms with Crippen molar-refractivity contribution in [1.29, 1.82) is 0 Å². The second-order valence-corrected chi connectivity index (χ2v) is 3.95. The van der Waals surface area contributed by atoms with E-state index < -0.39 is 5.97 Å². The van der Waals surface area contributed by atoms with Gasteiger partial charge in [0, 0.05) is 12.7 Å². The molecular formula is C10H14ClNO2. The van der Waals surface area contributed by atoms with E-state index in [2.05, 4.69) is 13.8 Å². The summed E-state index contributed by atoms with van der Waals surface area (Å²) in [6.07, 6.45) is 2.69. The normalized spacial score (nSPS) is 12.8. The van der Waals surface area contributed by atoms with Crippen molar-refractivity contribution in [1.82, 2.24) is 4.57 Å². The Kier molecular flexibility index (Phi) is 3.58. The Hall–Kier alpha value is -0.960. The zero-order chi connectivity index (χ0) is 10.7. The van der Waals surface area contributed by atoms with Crippen molar-refractivity contribution >= 4 is 17.6 Å². The molecule has 0 aliphatic heterocycles. The Balaban J connectivity index is 2.89. The Morgan fingerprint density at radius 3 is 2.86 bits per heavy atom. The first-order chi connectivity index (χ1) is 6.54. The fourth-order valence-corrected chi connectivity index (χ4v) is 1.49. The maximum atomic E-state index is 10.8. The van der Waals surface area contributed by atoms with Crippen molar-refractivity contribution in [2.45, 2.75) is 26.8 Å². The zero-order valence-electron chi connectivity index (χ0n) is 8.33. The van der Waals surface area contributed by atoms with Crippen molar-refractivity contribution in [2.24, 2.45) is 5.92 Å². The van der Waals surface area contributed by atoms with Gasteiger partial charge in [0.25, 0.3) is 0 Å². The van der Waals surface area contributed by atoms with Crippen LogP contribution in [-0.4, -0.2) is 15.6 Å². The number of aromatic carboxylic acids is 1. The highest BCUT2D eigenvalue weighted by molar-refractivity contribution is 6.30. The van der Waals surface area contributed by atoms with Crippen LogP contribution in [0.5, 0.6) is 0 Å². The smallest absolute Gasteiger partial charge is 0.352 e. The number of hydrogen-bond acceptors (Lipinski definition) is 1. The van der Waals surface area contributed by atoms with Crippen molar-refractivity contribution in [3.8, 4) is 0 Å². The van der Waals surface area contributed by atoms with Crippen LogP contribution in [-0.2, 0) is 6.54 Å². The summed E-state index contributed by atoms with van der Waals surface area (Å²) >= 11 is 5.75. The van der Waals surface area contributed by atoms with E-state index in [1.54, 1.807) is 10.8 Å². The van der Waals surface area contributed by atoms with E-state index in [0.29, 0.717) is 17.5 Å². The molecule has 0 saturated heterocycles. The molecule has 0 fully saturated rings. The fraction of sp³-hybridized carbons (Fsp3) is 0.500. The number of carboxylic acid groups (broad SMARTS) is 1. The Morgan fingerprint density at radius 1 is 1.71 bits per heavy atom. The van der Waals surface area contributed by atoms with E-state index in [-0.39, 0.29) is 5.69 Å². The topological polar surface area (TPSA) is 42.2 Å². The van der Waals surface area contributed by atoms with Crippen molar-refractivity contribution in [3.05, 3.63) is 23.0 Å². The minimum Gasteiger partial charge on any atom is -0.477 e. The molecule has 1 aromatic rings. The lowest BCUT2D eigenvalue weighted by Gasteiger charge is -2.11. The van der Waals surface area contributed by atoms with Crippen LogP contribution in [0.2, 0.25) is 5.02 Å². The summed E-state index contributed by atoms with van der Waals surface area (Å²) in [4.78, 5) is 10.8. The van der Waals surface area contributed by atoms with Gasteiger partial charge in [-0.25, -0.2) is 4.79 Å². The molecule has 78 valence electrons. The first-order valence-corrected chi connectivity index (χ1v) is 5.01. The predicted molar refractivity (Wildman–Crippen MR) is 55.9 cm³/mol. The van der Waals surface area contributed by atoms with Gasteiger partial charge in [-0.15, -0.1) is 0 Å². The summed E-state index contributed by atoms with van der Waals surface area (Å²) in [6.45, 7) is 4.86. The molecule has 0 aliphatic carbocycles. The average molecular weight is 216 g/mol. The molecule has 1 unspecified atom stereocenters. The van der Waals surface area contributed by atoms with Gasteiger partial charge in [-0.3, -0.25) is 0 Å². The lowest BCUT2D eigenvalue weighted by molar-refractivity contribution is 0.0684.